The van der Waals surface area contributed by atoms with Crippen molar-refractivity contribution in [2.24, 2.45) is 0 Å². The lowest BCUT2D eigenvalue weighted by molar-refractivity contribution is -0.159. The molecule has 1 aromatic rings. The monoisotopic (exact) mass is 299 g/mol. The zero-order valence-electron chi connectivity index (χ0n) is 10.7. The minimum absolute atomic E-state index is 0.180. The number of hydrogen-bond donors (Lipinski definition) is 1. The molecule has 1 unspecified atom stereocenters. The maximum atomic E-state index is 6.08. The van der Waals surface area contributed by atoms with Crippen LogP contribution in [0.1, 0.15) is 25.7 Å². The third-order valence-electron chi connectivity index (χ3n) is 3.69. The Morgan fingerprint density at radius 3 is 2.89 bits per heavy atom. The van der Waals surface area contributed by atoms with Gasteiger partial charge in [-0.3, -0.25) is 0 Å². The van der Waals surface area contributed by atoms with Crippen LogP contribution in [0.15, 0.2) is 23.1 Å². The summed E-state index contributed by atoms with van der Waals surface area (Å²) in [5.41, 5.74) is 6.32. The molecule has 1 atom stereocenters. The molecule has 1 saturated heterocycles. The fraction of sp³-hybridized carbons (Fsp3) is 0.571. The van der Waals surface area contributed by atoms with Gasteiger partial charge in [0.15, 0.2) is 5.79 Å². The van der Waals surface area contributed by atoms with Crippen LogP contribution in [-0.4, -0.2) is 24.3 Å². The number of thioether (sulfide) groups is 1. The van der Waals surface area contributed by atoms with Crippen LogP contribution in [-0.2, 0) is 9.47 Å². The molecule has 0 bridgehead atoms. The number of anilines is 1. The zero-order valence-corrected chi connectivity index (χ0v) is 12.3. The van der Waals surface area contributed by atoms with Gasteiger partial charge in [-0.1, -0.05) is 11.6 Å². The Hall–Kier alpha value is -0.420. The third-order valence-corrected chi connectivity index (χ3v) is 5.14. The molecule has 3 nitrogen and oxygen atoms in total. The maximum absolute atomic E-state index is 6.08. The fourth-order valence-electron chi connectivity index (χ4n) is 2.66. The van der Waals surface area contributed by atoms with Gasteiger partial charge < -0.3 is 15.2 Å². The number of hydrogen-bond acceptors (Lipinski definition) is 4. The van der Waals surface area contributed by atoms with Crippen LogP contribution in [0.5, 0.6) is 0 Å². The van der Waals surface area contributed by atoms with Gasteiger partial charge in [0.25, 0.3) is 0 Å². The van der Waals surface area contributed by atoms with E-state index in [1.807, 2.05) is 18.2 Å². The Balaban J connectivity index is 1.54. The fourth-order valence-corrected chi connectivity index (χ4v) is 3.81. The Morgan fingerprint density at radius 1 is 1.37 bits per heavy atom. The SMILES string of the molecule is Nc1ccc(SCC2COC3(CCCC3)O2)cc1Cl. The lowest BCUT2D eigenvalue weighted by atomic mass is 10.2. The molecule has 1 saturated carbocycles. The van der Waals surface area contributed by atoms with Crippen molar-refractivity contribution < 1.29 is 9.47 Å². The number of benzene rings is 1. The van der Waals surface area contributed by atoms with Crippen molar-refractivity contribution >= 4 is 29.1 Å². The van der Waals surface area contributed by atoms with Crippen molar-refractivity contribution in [2.75, 3.05) is 18.1 Å². The van der Waals surface area contributed by atoms with Crippen molar-refractivity contribution in [1.82, 2.24) is 0 Å². The van der Waals surface area contributed by atoms with Crippen molar-refractivity contribution in [1.29, 1.82) is 0 Å². The predicted molar refractivity (Wildman–Crippen MR) is 78.6 cm³/mol. The van der Waals surface area contributed by atoms with E-state index in [0.29, 0.717) is 17.3 Å². The highest BCUT2D eigenvalue weighted by atomic mass is 35.5. The molecule has 2 fully saturated rings. The lowest BCUT2D eigenvalue weighted by Gasteiger charge is -2.21. The molecular weight excluding hydrogens is 282 g/mol. The molecule has 19 heavy (non-hydrogen) atoms. The molecule has 0 radical (unpaired) electrons. The second-order valence-electron chi connectivity index (χ2n) is 5.16. The van der Waals surface area contributed by atoms with Crippen LogP contribution in [0, 0.1) is 0 Å². The summed E-state index contributed by atoms with van der Waals surface area (Å²) in [5.74, 6) is 0.631. The molecular formula is C14H18ClNO2S. The van der Waals surface area contributed by atoms with Crippen LogP contribution in [0.3, 0.4) is 0 Å². The number of nitrogen functional groups attached to an aromatic ring is 1. The van der Waals surface area contributed by atoms with Gasteiger partial charge in [0.1, 0.15) is 0 Å². The van der Waals surface area contributed by atoms with Gasteiger partial charge in [-0.05, 0) is 31.0 Å². The molecule has 0 aromatic heterocycles. The summed E-state index contributed by atoms with van der Waals surface area (Å²) < 4.78 is 11.9. The first-order chi connectivity index (χ1) is 9.17. The van der Waals surface area contributed by atoms with Crippen molar-refractivity contribution in [3.63, 3.8) is 0 Å². The van der Waals surface area contributed by atoms with Gasteiger partial charge in [-0.25, -0.2) is 0 Å². The van der Waals surface area contributed by atoms with E-state index in [4.69, 9.17) is 26.8 Å². The van der Waals surface area contributed by atoms with E-state index in [1.54, 1.807) is 11.8 Å². The molecule has 5 heteroatoms. The van der Waals surface area contributed by atoms with Crippen molar-refractivity contribution in [2.45, 2.75) is 42.5 Å². The molecule has 0 amide bonds. The summed E-state index contributed by atoms with van der Waals surface area (Å²) in [6, 6.07) is 5.74. The molecule has 2 N–H and O–H groups in total. The van der Waals surface area contributed by atoms with E-state index in [9.17, 15) is 0 Å². The minimum atomic E-state index is -0.260. The standard InChI is InChI=1S/C14H18ClNO2S/c15-12-7-11(3-4-13(12)16)19-9-10-8-17-14(18-10)5-1-2-6-14/h3-4,7,10H,1-2,5-6,8-9,16H2. The van der Waals surface area contributed by atoms with E-state index >= 15 is 0 Å². The van der Waals surface area contributed by atoms with Gasteiger partial charge in [0, 0.05) is 23.5 Å². The molecule has 1 spiro atoms. The van der Waals surface area contributed by atoms with Gasteiger partial charge in [0.05, 0.1) is 23.4 Å². The van der Waals surface area contributed by atoms with Crippen LogP contribution in [0.2, 0.25) is 5.02 Å². The van der Waals surface area contributed by atoms with Crippen LogP contribution < -0.4 is 5.73 Å². The highest BCUT2D eigenvalue weighted by Gasteiger charge is 2.43. The quantitative estimate of drug-likeness (QED) is 0.683. The number of halogens is 1. The van der Waals surface area contributed by atoms with E-state index in [0.717, 1.165) is 23.5 Å². The van der Waals surface area contributed by atoms with Gasteiger partial charge >= 0.3 is 0 Å². The summed E-state index contributed by atoms with van der Waals surface area (Å²) >= 11 is 7.75. The second kappa shape index (κ2) is 5.52. The van der Waals surface area contributed by atoms with E-state index in [2.05, 4.69) is 0 Å². The number of rotatable bonds is 3. The molecule has 104 valence electrons. The Bertz CT molecular complexity index is 463. The molecule has 1 aliphatic heterocycles. The van der Waals surface area contributed by atoms with Crippen LogP contribution in [0.4, 0.5) is 5.69 Å². The summed E-state index contributed by atoms with van der Waals surface area (Å²) in [5, 5.41) is 0.612. The molecule has 1 aliphatic carbocycles. The summed E-state index contributed by atoms with van der Waals surface area (Å²) in [6.07, 6.45) is 4.70. The smallest absolute Gasteiger partial charge is 0.168 e. The lowest BCUT2D eigenvalue weighted by Crippen LogP contribution is -2.27. The first kappa shape index (κ1) is 13.6. The summed E-state index contributed by atoms with van der Waals surface area (Å²) in [7, 11) is 0. The molecule has 3 rings (SSSR count). The van der Waals surface area contributed by atoms with Gasteiger partial charge in [-0.15, -0.1) is 11.8 Å². The molecule has 1 aromatic carbocycles. The highest BCUT2D eigenvalue weighted by molar-refractivity contribution is 7.99. The maximum Gasteiger partial charge on any atom is 0.168 e. The first-order valence-corrected chi connectivity index (χ1v) is 8.03. The Kier molecular flexibility index (Phi) is 3.94. The van der Waals surface area contributed by atoms with Crippen molar-refractivity contribution in [3.8, 4) is 0 Å². The average Bonchev–Trinajstić information content (AvgIpc) is 3.02. The molecule has 2 aliphatic rings. The van der Waals surface area contributed by atoms with E-state index in [1.165, 1.54) is 12.8 Å². The van der Waals surface area contributed by atoms with Gasteiger partial charge in [0.2, 0.25) is 0 Å². The summed E-state index contributed by atoms with van der Waals surface area (Å²) in [4.78, 5) is 1.12. The topological polar surface area (TPSA) is 44.5 Å². The predicted octanol–water partition coefficient (Wildman–Crippen LogP) is 3.70. The minimum Gasteiger partial charge on any atom is -0.398 e. The largest absolute Gasteiger partial charge is 0.398 e. The number of ether oxygens (including phenoxy) is 2. The highest BCUT2D eigenvalue weighted by Crippen LogP contribution is 2.40. The number of nitrogens with two attached hydrogens (primary N) is 1. The third kappa shape index (κ3) is 3.02. The first-order valence-electron chi connectivity index (χ1n) is 6.66. The second-order valence-corrected chi connectivity index (χ2v) is 6.66. The normalized spacial score (nSPS) is 25.2. The summed E-state index contributed by atoms with van der Waals surface area (Å²) in [6.45, 7) is 0.704. The zero-order chi connectivity index (χ0) is 13.3. The van der Waals surface area contributed by atoms with Gasteiger partial charge in [-0.2, -0.15) is 0 Å². The van der Waals surface area contributed by atoms with E-state index in [-0.39, 0.29) is 11.9 Å². The van der Waals surface area contributed by atoms with Crippen LogP contribution in [0.25, 0.3) is 0 Å². The van der Waals surface area contributed by atoms with Crippen molar-refractivity contribution in [3.05, 3.63) is 23.2 Å². The van der Waals surface area contributed by atoms with Crippen LogP contribution >= 0.6 is 23.4 Å². The van der Waals surface area contributed by atoms with E-state index < -0.39 is 0 Å². The molecule has 1 heterocycles. The average molecular weight is 300 g/mol. The Morgan fingerprint density at radius 2 is 2.16 bits per heavy atom. The Labute approximate surface area is 122 Å².